The Bertz CT molecular complexity index is 315. The van der Waals surface area contributed by atoms with E-state index in [1.165, 1.54) is 25.1 Å². The molecule has 1 heterocycles. The van der Waals surface area contributed by atoms with Crippen molar-refractivity contribution in [2.45, 2.75) is 19.4 Å². The summed E-state index contributed by atoms with van der Waals surface area (Å²) in [5.41, 5.74) is 1.44. The fourth-order valence-electron chi connectivity index (χ4n) is 2.61. The zero-order valence-electron chi connectivity index (χ0n) is 10.7. The Morgan fingerprint density at radius 3 is 2.71 bits per heavy atom. The fraction of sp³-hybridized carbons (Fsp3) is 0.571. The summed E-state index contributed by atoms with van der Waals surface area (Å²) < 4.78 is 0. The summed E-state index contributed by atoms with van der Waals surface area (Å²) in [6.07, 6.45) is 1.33. The van der Waals surface area contributed by atoms with Crippen LogP contribution in [0.5, 0.6) is 0 Å². The normalized spacial score (nSPS) is 22.1. The van der Waals surface area contributed by atoms with Crippen LogP contribution >= 0.6 is 12.4 Å². The van der Waals surface area contributed by atoms with E-state index in [1.54, 1.807) is 0 Å². The van der Waals surface area contributed by atoms with E-state index in [4.69, 9.17) is 0 Å². The third-order valence-electron chi connectivity index (χ3n) is 3.64. The zero-order chi connectivity index (χ0) is 11.4. The van der Waals surface area contributed by atoms with Crippen molar-refractivity contribution in [1.29, 1.82) is 0 Å². The van der Waals surface area contributed by atoms with E-state index in [-0.39, 0.29) is 12.4 Å². The Hall–Kier alpha value is -0.570. The summed E-state index contributed by atoms with van der Waals surface area (Å²) in [5.74, 6) is 0.830. The van der Waals surface area contributed by atoms with E-state index in [0.717, 1.165) is 12.5 Å². The van der Waals surface area contributed by atoms with Crippen LogP contribution in [0.2, 0.25) is 0 Å². The van der Waals surface area contributed by atoms with Gasteiger partial charge in [-0.1, -0.05) is 30.3 Å². The smallest absolute Gasteiger partial charge is 0.0320 e. The molecule has 17 heavy (non-hydrogen) atoms. The number of benzene rings is 1. The summed E-state index contributed by atoms with van der Waals surface area (Å²) >= 11 is 0. The van der Waals surface area contributed by atoms with Gasteiger partial charge in [0.2, 0.25) is 0 Å². The van der Waals surface area contributed by atoms with Gasteiger partial charge >= 0.3 is 0 Å². The van der Waals surface area contributed by atoms with E-state index in [0.29, 0.717) is 6.04 Å². The second-order valence-corrected chi connectivity index (χ2v) is 4.79. The molecule has 2 nitrogen and oxygen atoms in total. The molecule has 2 rings (SSSR count). The number of hydrogen-bond donors (Lipinski definition) is 1. The van der Waals surface area contributed by atoms with Gasteiger partial charge in [0.25, 0.3) is 0 Å². The summed E-state index contributed by atoms with van der Waals surface area (Å²) in [4.78, 5) is 2.59. The van der Waals surface area contributed by atoms with Gasteiger partial charge in [0.15, 0.2) is 0 Å². The number of nitrogens with zero attached hydrogens (tertiary/aromatic N) is 1. The lowest BCUT2D eigenvalue weighted by Gasteiger charge is -2.24. The Balaban J connectivity index is 0.00000144. The Labute approximate surface area is 111 Å². The lowest BCUT2D eigenvalue weighted by molar-refractivity contribution is 0.252. The quantitative estimate of drug-likeness (QED) is 0.889. The van der Waals surface area contributed by atoms with Crippen LogP contribution in [-0.2, 0) is 0 Å². The van der Waals surface area contributed by atoms with Crippen LogP contribution in [0, 0.1) is 5.92 Å². The highest BCUT2D eigenvalue weighted by atomic mass is 35.5. The van der Waals surface area contributed by atoms with Crippen LogP contribution in [0.1, 0.15) is 24.9 Å². The van der Waals surface area contributed by atoms with Crippen LogP contribution < -0.4 is 5.32 Å². The third kappa shape index (κ3) is 3.70. The van der Waals surface area contributed by atoms with Gasteiger partial charge in [0.1, 0.15) is 0 Å². The number of rotatable bonds is 4. The molecule has 0 aliphatic carbocycles. The van der Waals surface area contributed by atoms with Gasteiger partial charge in [-0.15, -0.1) is 12.4 Å². The minimum absolute atomic E-state index is 0. The zero-order valence-corrected chi connectivity index (χ0v) is 11.5. The molecule has 1 N–H and O–H groups in total. The van der Waals surface area contributed by atoms with Crippen molar-refractivity contribution in [3.63, 3.8) is 0 Å². The van der Waals surface area contributed by atoms with Crippen molar-refractivity contribution in [3.8, 4) is 0 Å². The Morgan fingerprint density at radius 2 is 2.06 bits per heavy atom. The number of halogens is 1. The van der Waals surface area contributed by atoms with Crippen LogP contribution in [0.15, 0.2) is 30.3 Å². The first kappa shape index (κ1) is 14.5. The number of hydrogen-bond acceptors (Lipinski definition) is 2. The number of nitrogens with one attached hydrogen (secondary N) is 1. The van der Waals surface area contributed by atoms with Gasteiger partial charge in [0, 0.05) is 12.6 Å². The molecule has 1 aliphatic rings. The SMILES string of the molecule is CNCC1CCN(C(C)c2ccccc2)C1.Cl. The van der Waals surface area contributed by atoms with Crippen LogP contribution in [0.25, 0.3) is 0 Å². The molecule has 1 aliphatic heterocycles. The first-order chi connectivity index (χ1) is 7.81. The molecule has 0 spiro atoms. The van der Waals surface area contributed by atoms with Crippen molar-refractivity contribution < 1.29 is 0 Å². The van der Waals surface area contributed by atoms with Crippen molar-refractivity contribution in [2.75, 3.05) is 26.7 Å². The molecule has 0 saturated carbocycles. The molecule has 1 fully saturated rings. The molecule has 1 saturated heterocycles. The molecule has 0 radical (unpaired) electrons. The first-order valence-electron chi connectivity index (χ1n) is 6.25. The maximum atomic E-state index is 3.28. The van der Waals surface area contributed by atoms with E-state index in [1.807, 2.05) is 7.05 Å². The van der Waals surface area contributed by atoms with E-state index < -0.39 is 0 Å². The van der Waals surface area contributed by atoms with Crippen molar-refractivity contribution in [2.24, 2.45) is 5.92 Å². The standard InChI is InChI=1S/C14H22N2.ClH/c1-12(14-6-4-3-5-7-14)16-9-8-13(11-16)10-15-2;/h3-7,12-13,15H,8-11H2,1-2H3;1H. The van der Waals surface area contributed by atoms with Crippen molar-refractivity contribution in [3.05, 3.63) is 35.9 Å². The fourth-order valence-corrected chi connectivity index (χ4v) is 2.61. The maximum absolute atomic E-state index is 3.28. The van der Waals surface area contributed by atoms with Crippen LogP contribution in [0.3, 0.4) is 0 Å². The van der Waals surface area contributed by atoms with Gasteiger partial charge < -0.3 is 5.32 Å². The predicted octanol–water partition coefficient (Wildman–Crippen LogP) is 2.71. The second kappa shape index (κ2) is 7.00. The molecular weight excluding hydrogens is 232 g/mol. The van der Waals surface area contributed by atoms with Gasteiger partial charge in [-0.25, -0.2) is 0 Å². The molecular formula is C14H23ClN2. The molecule has 0 bridgehead atoms. The molecule has 2 unspecified atom stereocenters. The highest BCUT2D eigenvalue weighted by Gasteiger charge is 2.25. The Kier molecular flexibility index (Phi) is 5.96. The monoisotopic (exact) mass is 254 g/mol. The van der Waals surface area contributed by atoms with E-state index in [2.05, 4.69) is 47.5 Å². The van der Waals surface area contributed by atoms with Gasteiger partial charge in [-0.2, -0.15) is 0 Å². The molecule has 1 aromatic carbocycles. The van der Waals surface area contributed by atoms with Crippen LogP contribution in [-0.4, -0.2) is 31.6 Å². The summed E-state index contributed by atoms with van der Waals surface area (Å²) in [6, 6.07) is 11.4. The largest absolute Gasteiger partial charge is 0.319 e. The van der Waals surface area contributed by atoms with Gasteiger partial charge in [-0.3, -0.25) is 4.90 Å². The van der Waals surface area contributed by atoms with Gasteiger partial charge in [0.05, 0.1) is 0 Å². The summed E-state index contributed by atoms with van der Waals surface area (Å²) in [6.45, 7) is 5.94. The molecule has 0 aromatic heterocycles. The highest BCUT2D eigenvalue weighted by Crippen LogP contribution is 2.26. The predicted molar refractivity (Wildman–Crippen MR) is 75.7 cm³/mol. The molecule has 2 atom stereocenters. The minimum atomic E-state index is 0. The maximum Gasteiger partial charge on any atom is 0.0320 e. The topological polar surface area (TPSA) is 15.3 Å². The van der Waals surface area contributed by atoms with Crippen LogP contribution in [0.4, 0.5) is 0 Å². The third-order valence-corrected chi connectivity index (χ3v) is 3.64. The lowest BCUT2D eigenvalue weighted by Crippen LogP contribution is -2.27. The second-order valence-electron chi connectivity index (χ2n) is 4.79. The molecule has 1 aromatic rings. The molecule has 96 valence electrons. The summed E-state index contributed by atoms with van der Waals surface area (Å²) in [5, 5.41) is 3.28. The first-order valence-corrected chi connectivity index (χ1v) is 6.25. The Morgan fingerprint density at radius 1 is 1.35 bits per heavy atom. The molecule has 0 amide bonds. The summed E-state index contributed by atoms with van der Waals surface area (Å²) in [7, 11) is 2.04. The van der Waals surface area contributed by atoms with Crippen molar-refractivity contribution >= 4 is 12.4 Å². The lowest BCUT2D eigenvalue weighted by atomic mass is 10.1. The molecule has 3 heteroatoms. The average Bonchev–Trinajstić information content (AvgIpc) is 2.78. The number of likely N-dealkylation sites (tertiary alicyclic amines) is 1. The van der Waals surface area contributed by atoms with Gasteiger partial charge in [-0.05, 0) is 45.0 Å². The van der Waals surface area contributed by atoms with E-state index >= 15 is 0 Å². The highest BCUT2D eigenvalue weighted by molar-refractivity contribution is 5.85. The minimum Gasteiger partial charge on any atom is -0.319 e. The average molecular weight is 255 g/mol. The van der Waals surface area contributed by atoms with Crippen molar-refractivity contribution in [1.82, 2.24) is 10.2 Å². The van der Waals surface area contributed by atoms with E-state index in [9.17, 15) is 0 Å².